The van der Waals surface area contributed by atoms with E-state index in [1.165, 1.54) is 0 Å². The highest BCUT2D eigenvalue weighted by Gasteiger charge is 2.16. The van der Waals surface area contributed by atoms with Crippen LogP contribution in [0.15, 0.2) is 0 Å². The Balaban J connectivity index is 2.05. The monoisotopic (exact) mass is 231 g/mol. The van der Waals surface area contributed by atoms with E-state index in [0.717, 1.165) is 45.8 Å². The van der Waals surface area contributed by atoms with Crippen molar-refractivity contribution in [2.45, 2.75) is 25.8 Å². The third-order valence-electron chi connectivity index (χ3n) is 2.75. The molecule has 0 aromatic carbocycles. The topological polar surface area (TPSA) is 39.7 Å². The predicted octanol–water partition coefficient (Wildman–Crippen LogP) is 1.05. The van der Waals surface area contributed by atoms with Crippen molar-refractivity contribution in [3.63, 3.8) is 0 Å². The largest absolute Gasteiger partial charge is 0.383 e. The van der Waals surface area contributed by atoms with Gasteiger partial charge in [-0.25, -0.2) is 0 Å². The highest BCUT2D eigenvalue weighted by Crippen LogP contribution is 2.12. The number of hydrogen-bond acceptors (Lipinski definition) is 4. The maximum Gasteiger partial charge on any atom is 0.0642 e. The summed E-state index contributed by atoms with van der Waals surface area (Å²) in [5.41, 5.74) is 0. The van der Waals surface area contributed by atoms with Crippen LogP contribution in [0.3, 0.4) is 0 Å². The van der Waals surface area contributed by atoms with E-state index in [0.29, 0.717) is 18.6 Å². The van der Waals surface area contributed by atoms with Crippen molar-refractivity contribution in [1.29, 1.82) is 0 Å². The zero-order chi connectivity index (χ0) is 11.6. The summed E-state index contributed by atoms with van der Waals surface area (Å²) in [6.45, 7) is 7.18. The van der Waals surface area contributed by atoms with Crippen LogP contribution in [0.1, 0.15) is 19.8 Å². The van der Waals surface area contributed by atoms with Crippen LogP contribution in [0.2, 0.25) is 0 Å². The van der Waals surface area contributed by atoms with Gasteiger partial charge in [0.1, 0.15) is 0 Å². The minimum atomic E-state index is 0.312. The van der Waals surface area contributed by atoms with Gasteiger partial charge in [0, 0.05) is 19.6 Å². The Morgan fingerprint density at radius 2 is 2.31 bits per heavy atom. The zero-order valence-electron chi connectivity index (χ0n) is 10.5. The van der Waals surface area contributed by atoms with Gasteiger partial charge < -0.3 is 19.5 Å². The molecule has 0 spiro atoms. The summed E-state index contributed by atoms with van der Waals surface area (Å²) in [7, 11) is 1.73. The quantitative estimate of drug-likeness (QED) is 0.644. The van der Waals surface area contributed by atoms with Crippen molar-refractivity contribution in [2.24, 2.45) is 5.92 Å². The lowest BCUT2D eigenvalue weighted by atomic mass is 10.1. The van der Waals surface area contributed by atoms with E-state index < -0.39 is 0 Å². The molecule has 1 aliphatic rings. The van der Waals surface area contributed by atoms with Gasteiger partial charge in [0.05, 0.1) is 32.5 Å². The number of ether oxygens (including phenoxy) is 3. The summed E-state index contributed by atoms with van der Waals surface area (Å²) >= 11 is 0. The molecule has 96 valence electrons. The van der Waals surface area contributed by atoms with Gasteiger partial charge in [-0.05, 0) is 19.4 Å². The lowest BCUT2D eigenvalue weighted by Crippen LogP contribution is -2.38. The summed E-state index contributed by atoms with van der Waals surface area (Å²) in [4.78, 5) is 0. The van der Waals surface area contributed by atoms with E-state index in [1.54, 1.807) is 7.11 Å². The molecule has 4 nitrogen and oxygen atoms in total. The number of nitrogens with one attached hydrogen (secondary N) is 1. The van der Waals surface area contributed by atoms with Crippen LogP contribution in [-0.4, -0.2) is 52.7 Å². The predicted molar refractivity (Wildman–Crippen MR) is 63.7 cm³/mol. The molecule has 2 unspecified atom stereocenters. The molecule has 0 saturated carbocycles. The van der Waals surface area contributed by atoms with E-state index >= 15 is 0 Å². The third-order valence-corrected chi connectivity index (χ3v) is 2.75. The van der Waals surface area contributed by atoms with Crippen molar-refractivity contribution in [3.8, 4) is 0 Å². The Morgan fingerprint density at radius 1 is 1.44 bits per heavy atom. The Kier molecular flexibility index (Phi) is 7.76. The fourth-order valence-corrected chi connectivity index (χ4v) is 1.81. The molecule has 1 aliphatic heterocycles. The standard InChI is InChI=1S/C12H25NO3/c1-3-5-13-12(9-14-2)10-16-8-11-4-6-15-7-11/h11-13H,3-10H2,1-2H3. The van der Waals surface area contributed by atoms with Crippen LogP contribution in [0.25, 0.3) is 0 Å². The average molecular weight is 231 g/mol. The van der Waals surface area contributed by atoms with Crippen molar-refractivity contribution in [1.82, 2.24) is 5.32 Å². The van der Waals surface area contributed by atoms with E-state index in [1.807, 2.05) is 0 Å². The molecule has 0 amide bonds. The first-order valence-corrected chi connectivity index (χ1v) is 6.24. The number of methoxy groups -OCH3 is 1. The molecule has 0 aliphatic carbocycles. The van der Waals surface area contributed by atoms with Gasteiger partial charge in [0.25, 0.3) is 0 Å². The molecule has 0 aromatic heterocycles. The Bertz CT molecular complexity index is 160. The van der Waals surface area contributed by atoms with E-state index in [-0.39, 0.29) is 0 Å². The molecular weight excluding hydrogens is 206 g/mol. The number of hydrogen-bond donors (Lipinski definition) is 1. The normalized spacial score (nSPS) is 22.5. The minimum absolute atomic E-state index is 0.312. The maximum atomic E-state index is 5.71. The molecule has 1 heterocycles. The third kappa shape index (κ3) is 5.80. The second-order valence-electron chi connectivity index (χ2n) is 4.37. The summed E-state index contributed by atoms with van der Waals surface area (Å²) < 4.78 is 16.2. The second kappa shape index (κ2) is 8.93. The van der Waals surface area contributed by atoms with Crippen LogP contribution >= 0.6 is 0 Å². The van der Waals surface area contributed by atoms with Gasteiger partial charge in [-0.2, -0.15) is 0 Å². The average Bonchev–Trinajstić information content (AvgIpc) is 2.79. The maximum absolute atomic E-state index is 5.71. The van der Waals surface area contributed by atoms with Crippen LogP contribution in [0, 0.1) is 5.92 Å². The fourth-order valence-electron chi connectivity index (χ4n) is 1.81. The first-order valence-electron chi connectivity index (χ1n) is 6.24. The van der Waals surface area contributed by atoms with Crippen molar-refractivity contribution in [3.05, 3.63) is 0 Å². The van der Waals surface area contributed by atoms with Gasteiger partial charge in [-0.15, -0.1) is 0 Å². The van der Waals surface area contributed by atoms with Crippen LogP contribution in [0.5, 0.6) is 0 Å². The molecule has 4 heteroatoms. The van der Waals surface area contributed by atoms with Crippen LogP contribution < -0.4 is 5.32 Å². The van der Waals surface area contributed by atoms with Gasteiger partial charge in [0.2, 0.25) is 0 Å². The summed E-state index contributed by atoms with van der Waals surface area (Å²) in [5, 5.41) is 3.41. The molecule has 0 radical (unpaired) electrons. The summed E-state index contributed by atoms with van der Waals surface area (Å²) in [5.74, 6) is 0.592. The molecule has 16 heavy (non-hydrogen) atoms. The fraction of sp³-hybridized carbons (Fsp3) is 1.00. The van der Waals surface area contributed by atoms with Crippen LogP contribution in [0.4, 0.5) is 0 Å². The Labute approximate surface area is 98.6 Å². The molecule has 1 fully saturated rings. The smallest absolute Gasteiger partial charge is 0.0642 e. The van der Waals surface area contributed by atoms with Crippen LogP contribution in [-0.2, 0) is 14.2 Å². The Hall–Kier alpha value is -0.160. The SMILES string of the molecule is CCCNC(COC)COCC1CCOC1. The Morgan fingerprint density at radius 3 is 2.94 bits per heavy atom. The van der Waals surface area contributed by atoms with Gasteiger partial charge in [-0.3, -0.25) is 0 Å². The minimum Gasteiger partial charge on any atom is -0.383 e. The van der Waals surface area contributed by atoms with Gasteiger partial charge in [0.15, 0.2) is 0 Å². The van der Waals surface area contributed by atoms with E-state index in [4.69, 9.17) is 14.2 Å². The lowest BCUT2D eigenvalue weighted by Gasteiger charge is -2.18. The summed E-state index contributed by atoms with van der Waals surface area (Å²) in [6, 6.07) is 0.312. The van der Waals surface area contributed by atoms with Gasteiger partial charge >= 0.3 is 0 Å². The first kappa shape index (κ1) is 13.9. The molecule has 1 saturated heterocycles. The lowest BCUT2D eigenvalue weighted by molar-refractivity contribution is 0.0519. The molecule has 1 rings (SSSR count). The molecule has 0 bridgehead atoms. The molecular formula is C12H25NO3. The highest BCUT2D eigenvalue weighted by molar-refractivity contribution is 4.67. The number of rotatable bonds is 9. The zero-order valence-corrected chi connectivity index (χ0v) is 10.5. The van der Waals surface area contributed by atoms with Crippen molar-refractivity contribution in [2.75, 3.05) is 46.7 Å². The van der Waals surface area contributed by atoms with Crippen molar-refractivity contribution < 1.29 is 14.2 Å². The molecule has 1 N–H and O–H groups in total. The highest BCUT2D eigenvalue weighted by atomic mass is 16.5. The molecule has 0 aromatic rings. The van der Waals surface area contributed by atoms with Gasteiger partial charge in [-0.1, -0.05) is 6.92 Å². The first-order chi connectivity index (χ1) is 7.86. The van der Waals surface area contributed by atoms with E-state index in [2.05, 4.69) is 12.2 Å². The van der Waals surface area contributed by atoms with Crippen molar-refractivity contribution >= 4 is 0 Å². The second-order valence-corrected chi connectivity index (χ2v) is 4.37. The summed E-state index contributed by atoms with van der Waals surface area (Å²) in [6.07, 6.45) is 2.27. The molecule has 2 atom stereocenters. The van der Waals surface area contributed by atoms with E-state index in [9.17, 15) is 0 Å².